The molecule has 0 radical (unpaired) electrons. The van der Waals surface area contributed by atoms with Gasteiger partial charge in [-0.2, -0.15) is 0 Å². The predicted molar refractivity (Wildman–Crippen MR) is 173 cm³/mol. The fourth-order valence-corrected chi connectivity index (χ4v) is 6.41. The van der Waals surface area contributed by atoms with Gasteiger partial charge in [-0.05, 0) is 87.8 Å². The van der Waals surface area contributed by atoms with Gasteiger partial charge in [0.2, 0.25) is 0 Å². The maximum Gasteiger partial charge on any atom is 0.119 e. The number of rotatable bonds is 6. The number of hydrogen-bond acceptors (Lipinski definition) is 1. The highest BCUT2D eigenvalue weighted by Crippen LogP contribution is 2.52. The molecule has 0 heterocycles. The zero-order valence-electron chi connectivity index (χ0n) is 26.8. The first kappa shape index (κ1) is 30.2. The zero-order valence-corrected chi connectivity index (χ0v) is 26.8. The summed E-state index contributed by atoms with van der Waals surface area (Å²) in [5.74, 6) is 1.75. The van der Waals surface area contributed by atoms with Crippen LogP contribution in [0.3, 0.4) is 0 Å². The van der Waals surface area contributed by atoms with E-state index in [0.29, 0.717) is 18.4 Å². The first-order valence-electron chi connectivity index (χ1n) is 15.3. The van der Waals surface area contributed by atoms with Crippen LogP contribution in [-0.2, 0) is 10.8 Å². The van der Waals surface area contributed by atoms with Crippen LogP contribution >= 0.6 is 0 Å². The Hall–Kier alpha value is -2.80. The quantitative estimate of drug-likeness (QED) is 0.357. The molecule has 2 aromatic rings. The van der Waals surface area contributed by atoms with Crippen LogP contribution in [-0.4, -0.2) is 6.61 Å². The van der Waals surface area contributed by atoms with Gasteiger partial charge in [0.1, 0.15) is 5.75 Å². The SMILES string of the molecule is CCOc1ccc(C(C2=CCC(C(C)(C)C)C=C2)(c2ccc(C(C)(C)C)cc2)C2C=CC(C(C)(C)C)=CC2)cc1. The molecule has 214 valence electrons. The number of hydrogen-bond donors (Lipinski definition) is 0. The van der Waals surface area contributed by atoms with Gasteiger partial charge in [0.25, 0.3) is 0 Å². The van der Waals surface area contributed by atoms with Crippen molar-refractivity contribution in [2.45, 2.75) is 92.9 Å². The third-order valence-corrected chi connectivity index (χ3v) is 9.02. The van der Waals surface area contributed by atoms with Gasteiger partial charge in [0.15, 0.2) is 0 Å². The lowest BCUT2D eigenvalue weighted by Crippen LogP contribution is -2.39. The largest absolute Gasteiger partial charge is 0.494 e. The van der Waals surface area contributed by atoms with E-state index in [2.05, 4.69) is 147 Å². The lowest BCUT2D eigenvalue weighted by atomic mass is 9.57. The minimum absolute atomic E-state index is 0.110. The van der Waals surface area contributed by atoms with Crippen LogP contribution in [0.5, 0.6) is 5.75 Å². The summed E-state index contributed by atoms with van der Waals surface area (Å²) in [4.78, 5) is 0. The molecule has 1 nitrogen and oxygen atoms in total. The second-order valence-corrected chi connectivity index (χ2v) is 14.9. The van der Waals surface area contributed by atoms with Crippen LogP contribution in [0.1, 0.15) is 98.8 Å². The lowest BCUT2D eigenvalue weighted by Gasteiger charge is -2.45. The summed E-state index contributed by atoms with van der Waals surface area (Å²) >= 11 is 0. The second-order valence-electron chi connectivity index (χ2n) is 14.9. The smallest absolute Gasteiger partial charge is 0.119 e. The average molecular weight is 537 g/mol. The van der Waals surface area contributed by atoms with Gasteiger partial charge in [-0.3, -0.25) is 0 Å². The molecule has 0 saturated heterocycles. The fraction of sp³-hybridized carbons (Fsp3) is 0.487. The third kappa shape index (κ3) is 6.09. The predicted octanol–water partition coefficient (Wildman–Crippen LogP) is 10.8. The Bertz CT molecular complexity index is 1280. The third-order valence-electron chi connectivity index (χ3n) is 9.02. The van der Waals surface area contributed by atoms with Crippen LogP contribution < -0.4 is 4.74 Å². The molecule has 3 atom stereocenters. The van der Waals surface area contributed by atoms with Gasteiger partial charge in [0, 0.05) is 0 Å². The molecule has 0 saturated carbocycles. The topological polar surface area (TPSA) is 9.23 Å². The van der Waals surface area contributed by atoms with E-state index in [1.165, 1.54) is 27.8 Å². The van der Waals surface area contributed by atoms with Crippen molar-refractivity contribution in [3.63, 3.8) is 0 Å². The van der Waals surface area contributed by atoms with Crippen LogP contribution in [0.25, 0.3) is 0 Å². The highest BCUT2D eigenvalue weighted by Gasteiger charge is 2.45. The fourth-order valence-electron chi connectivity index (χ4n) is 6.41. The first-order valence-corrected chi connectivity index (χ1v) is 15.3. The Morgan fingerprint density at radius 3 is 1.50 bits per heavy atom. The molecule has 0 amide bonds. The van der Waals surface area contributed by atoms with Crippen molar-refractivity contribution >= 4 is 0 Å². The monoisotopic (exact) mass is 536 g/mol. The van der Waals surface area contributed by atoms with Crippen molar-refractivity contribution in [1.29, 1.82) is 0 Å². The van der Waals surface area contributed by atoms with Gasteiger partial charge in [0.05, 0.1) is 12.0 Å². The van der Waals surface area contributed by atoms with Gasteiger partial charge in [-0.15, -0.1) is 0 Å². The average Bonchev–Trinajstić information content (AvgIpc) is 2.90. The Morgan fingerprint density at radius 1 is 0.600 bits per heavy atom. The van der Waals surface area contributed by atoms with Crippen molar-refractivity contribution < 1.29 is 4.74 Å². The molecule has 2 aliphatic carbocycles. The van der Waals surface area contributed by atoms with Gasteiger partial charge in [-0.1, -0.05) is 135 Å². The molecule has 0 aromatic heterocycles. The standard InChI is InChI=1S/C39H52O/c1-11-40-35-26-24-34(25-27-35)39(31-18-12-28(13-19-31)36(2,3)4,32-20-14-29(15-21-32)37(5,6)7)33-22-16-30(17-23-33)38(8,9)10/h12-16,18-20,22-27,30,32H,11,17,21H2,1-10H3. The van der Waals surface area contributed by atoms with Crippen molar-refractivity contribution in [2.24, 2.45) is 22.7 Å². The molecule has 0 aliphatic heterocycles. The van der Waals surface area contributed by atoms with E-state index in [1.54, 1.807) is 0 Å². The first-order chi connectivity index (χ1) is 18.7. The summed E-state index contributed by atoms with van der Waals surface area (Å²) in [6.07, 6.45) is 16.9. The molecular formula is C39H52O. The zero-order chi connectivity index (χ0) is 29.3. The summed E-state index contributed by atoms with van der Waals surface area (Å²) in [6.45, 7) is 23.6. The van der Waals surface area contributed by atoms with Crippen LogP contribution in [0, 0.1) is 22.7 Å². The highest BCUT2D eigenvalue weighted by atomic mass is 16.5. The molecule has 4 rings (SSSR count). The summed E-state index contributed by atoms with van der Waals surface area (Å²) < 4.78 is 5.87. The Morgan fingerprint density at radius 2 is 1.07 bits per heavy atom. The summed E-state index contributed by atoms with van der Waals surface area (Å²) in [5.41, 5.74) is 7.06. The molecule has 0 fully saturated rings. The number of benzene rings is 2. The Balaban J connectivity index is 1.95. The molecule has 0 N–H and O–H groups in total. The van der Waals surface area contributed by atoms with Gasteiger partial charge in [-0.25, -0.2) is 0 Å². The lowest BCUT2D eigenvalue weighted by molar-refractivity contribution is 0.291. The van der Waals surface area contributed by atoms with E-state index in [-0.39, 0.29) is 21.7 Å². The maximum absolute atomic E-state index is 5.87. The summed E-state index contributed by atoms with van der Waals surface area (Å²) in [5, 5.41) is 0. The van der Waals surface area contributed by atoms with Crippen molar-refractivity contribution in [2.75, 3.05) is 6.61 Å². The summed E-state index contributed by atoms with van der Waals surface area (Å²) in [6, 6.07) is 18.4. The summed E-state index contributed by atoms with van der Waals surface area (Å²) in [7, 11) is 0. The highest BCUT2D eigenvalue weighted by molar-refractivity contribution is 5.57. The molecular weight excluding hydrogens is 484 g/mol. The molecule has 0 spiro atoms. The van der Waals surface area contributed by atoms with E-state index in [0.717, 1.165) is 18.6 Å². The van der Waals surface area contributed by atoms with E-state index < -0.39 is 0 Å². The van der Waals surface area contributed by atoms with E-state index >= 15 is 0 Å². The Labute approximate surface area is 245 Å². The van der Waals surface area contributed by atoms with Gasteiger partial charge < -0.3 is 4.74 Å². The van der Waals surface area contributed by atoms with E-state index in [9.17, 15) is 0 Å². The Kier molecular flexibility index (Phi) is 8.47. The molecule has 0 bridgehead atoms. The molecule has 1 heteroatoms. The molecule has 40 heavy (non-hydrogen) atoms. The van der Waals surface area contributed by atoms with E-state index in [1.807, 2.05) is 6.92 Å². The minimum Gasteiger partial charge on any atom is -0.494 e. The van der Waals surface area contributed by atoms with Crippen molar-refractivity contribution in [3.05, 3.63) is 113 Å². The number of ether oxygens (including phenoxy) is 1. The van der Waals surface area contributed by atoms with Crippen LogP contribution in [0.4, 0.5) is 0 Å². The van der Waals surface area contributed by atoms with Crippen LogP contribution in [0.2, 0.25) is 0 Å². The molecule has 2 aromatic carbocycles. The normalized spacial score (nSPS) is 21.4. The minimum atomic E-state index is -0.309. The van der Waals surface area contributed by atoms with Crippen LogP contribution in [0.15, 0.2) is 96.1 Å². The second kappa shape index (κ2) is 11.2. The van der Waals surface area contributed by atoms with E-state index in [4.69, 9.17) is 4.74 Å². The number of allylic oxidation sites excluding steroid dienone is 8. The molecule has 3 unspecified atom stereocenters. The van der Waals surface area contributed by atoms with Crippen molar-refractivity contribution in [1.82, 2.24) is 0 Å². The molecule has 2 aliphatic rings. The van der Waals surface area contributed by atoms with Gasteiger partial charge >= 0.3 is 0 Å². The maximum atomic E-state index is 5.87. The van der Waals surface area contributed by atoms with Crippen molar-refractivity contribution in [3.8, 4) is 5.75 Å².